The molecule has 0 aliphatic carbocycles. The standard InChI is InChI=1S/C12H15Br2N3O/c13-9-6-10(14)12(15-7-9)16-8-11(18)17-4-2-1-3-5-17/h6-7H,1-5,8H2,(H,15,16). The van der Waals surface area contributed by atoms with E-state index in [1.165, 1.54) is 6.42 Å². The van der Waals surface area contributed by atoms with Crippen LogP contribution in [0.3, 0.4) is 0 Å². The number of hydrogen-bond donors (Lipinski definition) is 1. The van der Waals surface area contributed by atoms with E-state index in [2.05, 4.69) is 42.2 Å². The summed E-state index contributed by atoms with van der Waals surface area (Å²) in [6.45, 7) is 2.07. The Labute approximate surface area is 123 Å². The Morgan fingerprint density at radius 2 is 2.06 bits per heavy atom. The number of aromatic nitrogens is 1. The highest BCUT2D eigenvalue weighted by molar-refractivity contribution is 9.11. The quantitative estimate of drug-likeness (QED) is 0.881. The first kappa shape index (κ1) is 13.8. The van der Waals surface area contributed by atoms with Gasteiger partial charge in [0, 0.05) is 23.8 Å². The summed E-state index contributed by atoms with van der Waals surface area (Å²) < 4.78 is 1.76. The molecule has 0 unspecified atom stereocenters. The van der Waals surface area contributed by atoms with Crippen LogP contribution in [0.25, 0.3) is 0 Å². The van der Waals surface area contributed by atoms with E-state index in [1.54, 1.807) is 6.20 Å². The molecule has 1 N–H and O–H groups in total. The highest BCUT2D eigenvalue weighted by Gasteiger charge is 2.16. The molecule has 1 saturated heterocycles. The fourth-order valence-corrected chi connectivity index (χ4v) is 3.09. The number of nitrogens with zero attached hydrogens (tertiary/aromatic N) is 2. The van der Waals surface area contributed by atoms with Crippen LogP contribution in [0.15, 0.2) is 21.2 Å². The lowest BCUT2D eigenvalue weighted by Crippen LogP contribution is -2.39. The van der Waals surface area contributed by atoms with Gasteiger partial charge in [0.25, 0.3) is 0 Å². The summed E-state index contributed by atoms with van der Waals surface area (Å²) in [4.78, 5) is 18.1. The molecule has 18 heavy (non-hydrogen) atoms. The minimum absolute atomic E-state index is 0.145. The number of amides is 1. The molecule has 0 spiro atoms. The number of likely N-dealkylation sites (tertiary alicyclic amines) is 1. The van der Waals surface area contributed by atoms with Crippen molar-refractivity contribution in [3.05, 3.63) is 21.2 Å². The first-order valence-electron chi connectivity index (χ1n) is 5.99. The van der Waals surface area contributed by atoms with Gasteiger partial charge >= 0.3 is 0 Å². The number of carbonyl (C=O) groups excluding carboxylic acids is 1. The van der Waals surface area contributed by atoms with Gasteiger partial charge in [-0.15, -0.1) is 0 Å². The SMILES string of the molecule is O=C(CNc1ncc(Br)cc1Br)N1CCCCC1. The van der Waals surface area contributed by atoms with Crippen molar-refractivity contribution in [2.75, 3.05) is 25.0 Å². The monoisotopic (exact) mass is 375 g/mol. The average molecular weight is 377 g/mol. The van der Waals surface area contributed by atoms with E-state index in [0.29, 0.717) is 12.4 Å². The van der Waals surface area contributed by atoms with Crippen LogP contribution in [-0.4, -0.2) is 35.4 Å². The molecule has 0 bridgehead atoms. The number of carbonyl (C=O) groups is 1. The number of pyridine rings is 1. The van der Waals surface area contributed by atoms with E-state index in [1.807, 2.05) is 11.0 Å². The predicted octanol–water partition coefficient (Wildman–Crippen LogP) is 3.03. The molecule has 2 rings (SSSR count). The molecule has 4 nitrogen and oxygen atoms in total. The molecule has 1 amide bonds. The fourth-order valence-electron chi connectivity index (χ4n) is 1.96. The number of anilines is 1. The minimum Gasteiger partial charge on any atom is -0.360 e. The second-order valence-electron chi connectivity index (χ2n) is 4.28. The van der Waals surface area contributed by atoms with Crippen LogP contribution >= 0.6 is 31.9 Å². The fraction of sp³-hybridized carbons (Fsp3) is 0.500. The van der Waals surface area contributed by atoms with E-state index in [9.17, 15) is 4.79 Å². The van der Waals surface area contributed by atoms with E-state index in [0.717, 1.165) is 34.9 Å². The normalized spacial score (nSPS) is 15.6. The molecule has 1 fully saturated rings. The Kier molecular flexibility index (Phi) is 5.00. The third kappa shape index (κ3) is 3.68. The molecule has 0 aromatic carbocycles. The van der Waals surface area contributed by atoms with E-state index >= 15 is 0 Å². The van der Waals surface area contributed by atoms with Crippen molar-refractivity contribution < 1.29 is 4.79 Å². The van der Waals surface area contributed by atoms with Crippen molar-refractivity contribution in [1.82, 2.24) is 9.88 Å². The lowest BCUT2D eigenvalue weighted by atomic mass is 10.1. The van der Waals surface area contributed by atoms with Gasteiger partial charge in [0.1, 0.15) is 5.82 Å². The number of piperidine rings is 1. The molecule has 1 aromatic rings. The van der Waals surface area contributed by atoms with Crippen molar-refractivity contribution in [2.45, 2.75) is 19.3 Å². The van der Waals surface area contributed by atoms with Gasteiger partial charge < -0.3 is 10.2 Å². The highest BCUT2D eigenvalue weighted by atomic mass is 79.9. The van der Waals surface area contributed by atoms with Crippen LogP contribution in [0, 0.1) is 0 Å². The molecule has 98 valence electrons. The maximum Gasteiger partial charge on any atom is 0.241 e. The topological polar surface area (TPSA) is 45.2 Å². The van der Waals surface area contributed by atoms with E-state index < -0.39 is 0 Å². The van der Waals surface area contributed by atoms with Crippen LogP contribution in [0.2, 0.25) is 0 Å². The molecule has 0 radical (unpaired) electrons. The molecular weight excluding hydrogens is 362 g/mol. The van der Waals surface area contributed by atoms with Gasteiger partial charge in [-0.2, -0.15) is 0 Å². The molecule has 0 atom stereocenters. The summed E-state index contributed by atoms with van der Waals surface area (Å²) >= 11 is 6.76. The maximum absolute atomic E-state index is 12.0. The zero-order chi connectivity index (χ0) is 13.0. The van der Waals surface area contributed by atoms with Crippen LogP contribution in [0.1, 0.15) is 19.3 Å². The van der Waals surface area contributed by atoms with Crippen molar-refractivity contribution in [3.8, 4) is 0 Å². The summed E-state index contributed by atoms with van der Waals surface area (Å²) in [5.41, 5.74) is 0. The summed E-state index contributed by atoms with van der Waals surface area (Å²) in [5, 5.41) is 3.07. The molecule has 6 heteroatoms. The van der Waals surface area contributed by atoms with Crippen molar-refractivity contribution in [1.29, 1.82) is 0 Å². The second kappa shape index (κ2) is 6.52. The predicted molar refractivity (Wildman–Crippen MR) is 78.6 cm³/mol. The van der Waals surface area contributed by atoms with Gasteiger partial charge in [0.15, 0.2) is 0 Å². The zero-order valence-corrected chi connectivity index (χ0v) is 13.1. The smallest absolute Gasteiger partial charge is 0.241 e. The van der Waals surface area contributed by atoms with Crippen LogP contribution in [-0.2, 0) is 4.79 Å². The van der Waals surface area contributed by atoms with Gasteiger partial charge in [-0.3, -0.25) is 4.79 Å². The molecule has 1 aliphatic heterocycles. The Bertz CT molecular complexity index is 433. The lowest BCUT2D eigenvalue weighted by molar-refractivity contribution is -0.130. The molecule has 1 aliphatic rings. The zero-order valence-electron chi connectivity index (χ0n) is 9.96. The van der Waals surface area contributed by atoms with Crippen molar-refractivity contribution in [2.24, 2.45) is 0 Å². The van der Waals surface area contributed by atoms with E-state index in [-0.39, 0.29) is 5.91 Å². The summed E-state index contributed by atoms with van der Waals surface area (Å²) in [6, 6.07) is 1.90. The van der Waals surface area contributed by atoms with Crippen LogP contribution in [0.4, 0.5) is 5.82 Å². The Morgan fingerprint density at radius 3 is 2.72 bits per heavy atom. The third-order valence-electron chi connectivity index (χ3n) is 2.92. The minimum atomic E-state index is 0.145. The molecule has 1 aromatic heterocycles. The van der Waals surface area contributed by atoms with E-state index in [4.69, 9.17) is 0 Å². The van der Waals surface area contributed by atoms with Crippen molar-refractivity contribution >= 4 is 43.6 Å². The molecule has 2 heterocycles. The summed E-state index contributed by atoms with van der Waals surface area (Å²) in [7, 11) is 0. The maximum atomic E-state index is 12.0. The van der Waals surface area contributed by atoms with Crippen molar-refractivity contribution in [3.63, 3.8) is 0 Å². The number of halogens is 2. The summed E-state index contributed by atoms with van der Waals surface area (Å²) in [6.07, 6.45) is 5.17. The Hall–Kier alpha value is -0.620. The first-order chi connectivity index (χ1) is 8.66. The van der Waals surface area contributed by atoms with Gasteiger partial charge in [-0.25, -0.2) is 4.98 Å². The number of rotatable bonds is 3. The van der Waals surface area contributed by atoms with Gasteiger partial charge in [-0.05, 0) is 57.2 Å². The molecule has 0 saturated carbocycles. The Balaban J connectivity index is 1.88. The highest BCUT2D eigenvalue weighted by Crippen LogP contribution is 2.23. The average Bonchev–Trinajstić information content (AvgIpc) is 2.38. The first-order valence-corrected chi connectivity index (χ1v) is 7.58. The van der Waals surface area contributed by atoms with Gasteiger partial charge in [0.05, 0.1) is 11.0 Å². The third-order valence-corrected chi connectivity index (χ3v) is 3.96. The summed E-state index contributed by atoms with van der Waals surface area (Å²) in [5.74, 6) is 0.842. The van der Waals surface area contributed by atoms with Gasteiger partial charge in [-0.1, -0.05) is 0 Å². The van der Waals surface area contributed by atoms with Crippen LogP contribution < -0.4 is 5.32 Å². The largest absolute Gasteiger partial charge is 0.360 e. The van der Waals surface area contributed by atoms with Gasteiger partial charge in [0.2, 0.25) is 5.91 Å². The number of nitrogens with one attached hydrogen (secondary N) is 1. The Morgan fingerprint density at radius 1 is 1.33 bits per heavy atom. The lowest BCUT2D eigenvalue weighted by Gasteiger charge is -2.26. The van der Waals surface area contributed by atoms with Crippen LogP contribution in [0.5, 0.6) is 0 Å². The molecular formula is C12H15Br2N3O. The second-order valence-corrected chi connectivity index (χ2v) is 6.05. The number of hydrogen-bond acceptors (Lipinski definition) is 3.